The van der Waals surface area contributed by atoms with Crippen LogP contribution in [0, 0.1) is 0 Å². The first-order valence-corrected chi connectivity index (χ1v) is 9.72. The van der Waals surface area contributed by atoms with Crippen LogP contribution in [0.1, 0.15) is 34.5 Å². The third kappa shape index (κ3) is 6.30. The number of nitrogens with zero attached hydrogens (tertiary/aromatic N) is 4. The number of likely N-dealkylation sites (tertiary alicyclic amines) is 1. The minimum atomic E-state index is -5.24. The molecule has 0 bridgehead atoms. The van der Waals surface area contributed by atoms with Crippen LogP contribution < -0.4 is 15.2 Å². The lowest BCUT2D eigenvalue weighted by Crippen LogP contribution is -2.44. The average Bonchev–Trinajstić information content (AvgIpc) is 2.78. The lowest BCUT2D eigenvalue weighted by molar-refractivity contribution is -0.190. The van der Waals surface area contributed by atoms with Crippen LogP contribution in [0.15, 0.2) is 24.5 Å². The van der Waals surface area contributed by atoms with Crippen LogP contribution in [0.25, 0.3) is 0 Å². The van der Waals surface area contributed by atoms with Gasteiger partial charge in [-0.25, -0.2) is 19.7 Å². The van der Waals surface area contributed by atoms with E-state index in [2.05, 4.69) is 19.7 Å². The van der Waals surface area contributed by atoms with E-state index in [1.165, 1.54) is 11.0 Å². The fourth-order valence-electron chi connectivity index (χ4n) is 3.07. The molecule has 0 aliphatic carbocycles. The average molecular weight is 493 g/mol. The molecular weight excluding hydrogens is 476 g/mol. The van der Waals surface area contributed by atoms with Crippen LogP contribution in [0.2, 0.25) is 0 Å². The van der Waals surface area contributed by atoms with Gasteiger partial charge in [-0.2, -0.15) is 26.3 Å². The smallest absolute Gasteiger partial charge is 0.472 e. The standard InChI is InChI=1S/C19H17F6N5O4/c20-18(21,22)13-4-10(6-26)5-14(29-13)33-12-2-1-3-30(9-12)15(31)11-7-27-17(28-8-11)34-16(32)19(23,24)25/h4-5,7-8,12H,1-3,6,9,26H2/t12-/m0/s1. The zero-order valence-corrected chi connectivity index (χ0v) is 17.2. The summed E-state index contributed by atoms with van der Waals surface area (Å²) in [5.74, 6) is -3.39. The summed E-state index contributed by atoms with van der Waals surface area (Å²) in [5, 5.41) is 0. The van der Waals surface area contributed by atoms with Gasteiger partial charge in [-0.1, -0.05) is 0 Å². The fraction of sp³-hybridized carbons (Fsp3) is 0.421. The molecule has 184 valence electrons. The first kappa shape index (κ1) is 25.1. The summed E-state index contributed by atoms with van der Waals surface area (Å²) in [4.78, 5) is 35.2. The molecule has 1 atom stereocenters. The summed E-state index contributed by atoms with van der Waals surface area (Å²) in [7, 11) is 0. The monoisotopic (exact) mass is 493 g/mol. The van der Waals surface area contributed by atoms with E-state index in [0.29, 0.717) is 12.8 Å². The second-order valence-electron chi connectivity index (χ2n) is 7.18. The number of nitrogens with two attached hydrogens (primary N) is 1. The van der Waals surface area contributed by atoms with Gasteiger partial charge in [0.15, 0.2) is 0 Å². The number of amides is 1. The highest BCUT2D eigenvalue weighted by Crippen LogP contribution is 2.30. The Morgan fingerprint density at radius 1 is 1.12 bits per heavy atom. The minimum Gasteiger partial charge on any atom is -0.472 e. The van der Waals surface area contributed by atoms with Crippen LogP contribution >= 0.6 is 0 Å². The number of esters is 1. The molecule has 9 nitrogen and oxygen atoms in total. The molecule has 3 heterocycles. The van der Waals surface area contributed by atoms with Gasteiger partial charge in [-0.05, 0) is 24.5 Å². The van der Waals surface area contributed by atoms with E-state index in [9.17, 15) is 35.9 Å². The maximum Gasteiger partial charge on any atom is 0.491 e. The number of halogens is 6. The van der Waals surface area contributed by atoms with Crippen molar-refractivity contribution in [1.29, 1.82) is 0 Å². The molecule has 15 heteroatoms. The predicted molar refractivity (Wildman–Crippen MR) is 100 cm³/mol. The minimum absolute atomic E-state index is 0.000468. The number of rotatable bonds is 5. The Hall–Kier alpha value is -3.49. The van der Waals surface area contributed by atoms with Gasteiger partial charge in [-0.15, -0.1) is 0 Å². The Kier molecular flexibility index (Phi) is 7.24. The maximum atomic E-state index is 13.1. The molecule has 0 saturated carbocycles. The molecule has 1 fully saturated rings. The Labute approximate surface area is 187 Å². The Balaban J connectivity index is 1.67. The first-order chi connectivity index (χ1) is 15.9. The number of carbonyl (C=O) groups is 2. The summed E-state index contributed by atoms with van der Waals surface area (Å²) in [6.45, 7) is 0.124. The van der Waals surface area contributed by atoms with Gasteiger partial charge < -0.3 is 20.1 Å². The van der Waals surface area contributed by atoms with Crippen LogP contribution in [0.3, 0.4) is 0 Å². The molecule has 0 radical (unpaired) electrons. The maximum absolute atomic E-state index is 13.1. The second-order valence-corrected chi connectivity index (χ2v) is 7.18. The molecule has 34 heavy (non-hydrogen) atoms. The van der Waals surface area contributed by atoms with E-state index in [0.717, 1.165) is 18.5 Å². The summed E-state index contributed by atoms with van der Waals surface area (Å²) in [6.07, 6.45) is -7.93. The summed E-state index contributed by atoms with van der Waals surface area (Å²) in [5.41, 5.74) is 4.36. The van der Waals surface area contributed by atoms with Crippen molar-refractivity contribution in [3.05, 3.63) is 41.3 Å². The van der Waals surface area contributed by atoms with Gasteiger partial charge >= 0.3 is 24.3 Å². The number of pyridine rings is 1. The van der Waals surface area contributed by atoms with Crippen molar-refractivity contribution < 1.29 is 45.4 Å². The zero-order valence-electron chi connectivity index (χ0n) is 17.2. The number of hydrogen-bond acceptors (Lipinski definition) is 8. The molecule has 2 aromatic rings. The van der Waals surface area contributed by atoms with E-state index in [4.69, 9.17) is 10.5 Å². The van der Waals surface area contributed by atoms with Crippen molar-refractivity contribution in [3.63, 3.8) is 0 Å². The summed E-state index contributed by atoms with van der Waals surface area (Å²) < 4.78 is 85.5. The topological polar surface area (TPSA) is 121 Å². The van der Waals surface area contributed by atoms with Crippen molar-refractivity contribution in [2.24, 2.45) is 5.73 Å². The Morgan fingerprint density at radius 2 is 1.79 bits per heavy atom. The van der Waals surface area contributed by atoms with Gasteiger partial charge in [-0.3, -0.25) is 4.79 Å². The Morgan fingerprint density at radius 3 is 2.38 bits per heavy atom. The largest absolute Gasteiger partial charge is 0.491 e. The highest BCUT2D eigenvalue weighted by Gasteiger charge is 2.42. The number of piperidine rings is 1. The van der Waals surface area contributed by atoms with Gasteiger partial charge in [0.25, 0.3) is 5.91 Å². The third-order valence-corrected chi connectivity index (χ3v) is 4.63. The van der Waals surface area contributed by atoms with Crippen molar-refractivity contribution >= 4 is 11.9 Å². The predicted octanol–water partition coefficient (Wildman–Crippen LogP) is 2.50. The van der Waals surface area contributed by atoms with E-state index in [-0.39, 0.29) is 36.6 Å². The van der Waals surface area contributed by atoms with Crippen LogP contribution in [0.4, 0.5) is 26.3 Å². The quantitative estimate of drug-likeness (QED) is 0.499. The van der Waals surface area contributed by atoms with Crippen molar-refractivity contribution in [2.45, 2.75) is 37.8 Å². The van der Waals surface area contributed by atoms with Crippen molar-refractivity contribution in [3.8, 4) is 11.9 Å². The SMILES string of the molecule is NCc1cc(O[C@H]2CCCN(C(=O)c3cnc(OC(=O)C(F)(F)F)nc3)C2)nc(C(F)(F)F)c1. The molecular formula is C19H17F6N5O4. The molecule has 0 spiro atoms. The zero-order chi connectivity index (χ0) is 25.1. The molecule has 2 N–H and O–H groups in total. The van der Waals surface area contributed by atoms with Crippen LogP contribution in [-0.4, -0.2) is 57.1 Å². The number of hydrogen-bond donors (Lipinski definition) is 1. The highest BCUT2D eigenvalue weighted by atomic mass is 19.4. The molecule has 1 aliphatic rings. The van der Waals surface area contributed by atoms with Gasteiger partial charge in [0.05, 0.1) is 12.1 Å². The number of alkyl halides is 6. The van der Waals surface area contributed by atoms with E-state index < -0.39 is 42.0 Å². The van der Waals surface area contributed by atoms with E-state index in [1.807, 2.05) is 0 Å². The molecule has 1 aliphatic heterocycles. The van der Waals surface area contributed by atoms with Crippen molar-refractivity contribution in [2.75, 3.05) is 13.1 Å². The molecule has 3 rings (SSSR count). The molecule has 1 saturated heterocycles. The molecule has 2 aromatic heterocycles. The lowest BCUT2D eigenvalue weighted by Gasteiger charge is -2.32. The number of aromatic nitrogens is 3. The molecule has 1 amide bonds. The van der Waals surface area contributed by atoms with Gasteiger partial charge in [0.1, 0.15) is 11.8 Å². The first-order valence-electron chi connectivity index (χ1n) is 9.72. The molecule has 0 unspecified atom stereocenters. The fourth-order valence-corrected chi connectivity index (χ4v) is 3.07. The number of carbonyl (C=O) groups excluding carboxylic acids is 2. The number of ether oxygens (including phenoxy) is 2. The normalized spacial score (nSPS) is 16.8. The summed E-state index contributed by atoms with van der Waals surface area (Å²) in [6, 6.07) is 1.22. The highest BCUT2D eigenvalue weighted by molar-refractivity contribution is 5.93. The second kappa shape index (κ2) is 9.79. The third-order valence-electron chi connectivity index (χ3n) is 4.63. The van der Waals surface area contributed by atoms with Crippen molar-refractivity contribution in [1.82, 2.24) is 19.9 Å². The van der Waals surface area contributed by atoms with Gasteiger partial charge in [0, 0.05) is 31.5 Å². The lowest BCUT2D eigenvalue weighted by atomic mass is 10.1. The Bertz CT molecular complexity index is 1040. The molecule has 0 aromatic carbocycles. The van der Waals surface area contributed by atoms with Crippen LogP contribution in [0.5, 0.6) is 11.9 Å². The van der Waals surface area contributed by atoms with E-state index >= 15 is 0 Å². The van der Waals surface area contributed by atoms with E-state index in [1.54, 1.807) is 0 Å². The van der Waals surface area contributed by atoms with Crippen LogP contribution in [-0.2, 0) is 17.5 Å². The summed E-state index contributed by atoms with van der Waals surface area (Å²) >= 11 is 0. The van der Waals surface area contributed by atoms with Gasteiger partial charge in [0.2, 0.25) is 5.88 Å².